The molecule has 114 valence electrons. The van der Waals surface area contributed by atoms with Gasteiger partial charge in [-0.25, -0.2) is 9.78 Å². The minimum Gasteiger partial charge on any atom is -0.228 e. The number of rotatable bonds is 5. The second-order valence-corrected chi connectivity index (χ2v) is 7.29. The van der Waals surface area contributed by atoms with Crippen LogP contribution in [0.15, 0.2) is 28.7 Å². The van der Waals surface area contributed by atoms with Crippen LogP contribution in [0.4, 0.5) is 0 Å². The molecule has 0 amide bonds. The Hall–Kier alpha value is -0.460. The number of halogens is 1. The average Bonchev–Trinajstić information content (AvgIpc) is 2.28. The molecule has 0 radical (unpaired) electrons. The molecule has 0 spiro atoms. The molecule has 0 heterocycles. The molecule has 0 saturated heterocycles. The topological polar surface area (TPSA) is 36.9 Å². The van der Waals surface area contributed by atoms with Crippen LogP contribution in [0.2, 0.25) is 0 Å². The van der Waals surface area contributed by atoms with Gasteiger partial charge in [0, 0.05) is 10.0 Å². The van der Waals surface area contributed by atoms with Gasteiger partial charge < -0.3 is 0 Å². The first-order valence-electron chi connectivity index (χ1n) is 6.52. The molecule has 0 aromatic heterocycles. The molecule has 0 N–H and O–H groups in total. The lowest BCUT2D eigenvalue weighted by Gasteiger charge is -2.26. The van der Waals surface area contributed by atoms with Gasteiger partial charge in [0.2, 0.25) is 0 Å². The smallest absolute Gasteiger partial charge is 0.228 e. The third kappa shape index (κ3) is 6.81. The van der Waals surface area contributed by atoms with Gasteiger partial charge in [-0.2, -0.15) is 9.78 Å². The maximum Gasteiger partial charge on any atom is 0.250 e. The van der Waals surface area contributed by atoms with Gasteiger partial charge in [-0.3, -0.25) is 0 Å². The highest BCUT2D eigenvalue weighted by Gasteiger charge is 2.24. The van der Waals surface area contributed by atoms with Crippen molar-refractivity contribution in [3.05, 3.63) is 34.3 Å². The molecule has 20 heavy (non-hydrogen) atoms. The quantitative estimate of drug-likeness (QED) is 0.429. The molecule has 0 unspecified atom stereocenters. The van der Waals surface area contributed by atoms with E-state index in [1.165, 1.54) is 0 Å². The van der Waals surface area contributed by atoms with Crippen LogP contribution in [0, 0.1) is 0 Å². The summed E-state index contributed by atoms with van der Waals surface area (Å²) in [5, 5.41) is 0. The Balaban J connectivity index is 2.82. The van der Waals surface area contributed by atoms with Crippen LogP contribution < -0.4 is 0 Å². The van der Waals surface area contributed by atoms with Crippen molar-refractivity contribution in [1.29, 1.82) is 0 Å². The Bertz CT molecular complexity index is 403. The Morgan fingerprint density at radius 3 is 1.70 bits per heavy atom. The highest BCUT2D eigenvalue weighted by atomic mass is 79.9. The molecule has 1 rings (SSSR count). The molecule has 1 aromatic rings. The lowest BCUT2D eigenvalue weighted by molar-refractivity contribution is -0.502. The molecule has 5 heteroatoms. The molecule has 0 saturated carbocycles. The zero-order valence-electron chi connectivity index (χ0n) is 12.9. The zero-order valence-corrected chi connectivity index (χ0v) is 14.5. The predicted octanol–water partition coefficient (Wildman–Crippen LogP) is 4.94. The molecule has 4 nitrogen and oxygen atoms in total. The van der Waals surface area contributed by atoms with Gasteiger partial charge in [-0.05, 0) is 47.6 Å². The Kier molecular flexibility index (Phi) is 6.16. The number of hydrogen-bond acceptors (Lipinski definition) is 4. The summed E-state index contributed by atoms with van der Waals surface area (Å²) in [5.41, 5.74) is -0.0872. The molecule has 0 aliphatic carbocycles. The van der Waals surface area contributed by atoms with Gasteiger partial charge in [0.1, 0.15) is 0 Å². The summed E-state index contributed by atoms with van der Waals surface area (Å²) in [6.07, 6.45) is -0.774. The summed E-state index contributed by atoms with van der Waals surface area (Å²) in [6, 6.07) is 7.60. The van der Waals surface area contributed by atoms with Crippen molar-refractivity contribution >= 4 is 15.9 Å². The van der Waals surface area contributed by atoms with E-state index in [-0.39, 0.29) is 0 Å². The normalized spacial score (nSPS) is 13.0. The van der Waals surface area contributed by atoms with Gasteiger partial charge in [0.05, 0.1) is 11.2 Å². The van der Waals surface area contributed by atoms with E-state index in [9.17, 15) is 0 Å². The van der Waals surface area contributed by atoms with Crippen LogP contribution in [0.1, 0.15) is 53.4 Å². The van der Waals surface area contributed by atoms with E-state index < -0.39 is 17.5 Å². The van der Waals surface area contributed by atoms with Crippen LogP contribution in [-0.2, 0) is 19.6 Å². The molecule has 0 fully saturated rings. The van der Waals surface area contributed by atoms with Crippen LogP contribution in [-0.4, -0.2) is 11.2 Å². The maximum absolute atomic E-state index is 5.39. The van der Waals surface area contributed by atoms with Gasteiger partial charge in [-0.1, -0.05) is 34.1 Å². The van der Waals surface area contributed by atoms with Crippen LogP contribution in [0.25, 0.3) is 0 Å². The highest BCUT2D eigenvalue weighted by Crippen LogP contribution is 2.29. The minimum absolute atomic E-state index is 0.440. The van der Waals surface area contributed by atoms with E-state index in [1.54, 1.807) is 0 Å². The number of hydrogen-bond donors (Lipinski definition) is 0. The standard InChI is InChI=1S/C15H23BrO4/c1-14(2,3)19-17-13(18-20-15(4,5)6)11-9-7-8-10-12(11)16/h7-10,13H,1-6H3. The first-order valence-corrected chi connectivity index (χ1v) is 7.31. The molecule has 0 atom stereocenters. The Morgan fingerprint density at radius 1 is 0.850 bits per heavy atom. The third-order valence-electron chi connectivity index (χ3n) is 1.93. The fourth-order valence-electron chi connectivity index (χ4n) is 1.16. The van der Waals surface area contributed by atoms with Crippen molar-refractivity contribution in [2.75, 3.05) is 0 Å². The molecule has 0 aliphatic heterocycles. The van der Waals surface area contributed by atoms with Crippen molar-refractivity contribution in [2.45, 2.75) is 59.0 Å². The van der Waals surface area contributed by atoms with Crippen molar-refractivity contribution < 1.29 is 19.6 Å². The molecule has 0 bridgehead atoms. The Labute approximate surface area is 129 Å². The summed E-state index contributed by atoms with van der Waals surface area (Å²) >= 11 is 3.47. The molecular weight excluding hydrogens is 324 g/mol. The second-order valence-electron chi connectivity index (χ2n) is 6.44. The first-order chi connectivity index (χ1) is 9.08. The largest absolute Gasteiger partial charge is 0.250 e. The van der Waals surface area contributed by atoms with Crippen molar-refractivity contribution in [1.82, 2.24) is 0 Å². The lowest BCUT2D eigenvalue weighted by atomic mass is 10.2. The highest BCUT2D eigenvalue weighted by molar-refractivity contribution is 9.10. The summed E-state index contributed by atoms with van der Waals surface area (Å²) < 4.78 is 0.861. The summed E-state index contributed by atoms with van der Waals surface area (Å²) in [5.74, 6) is 0. The van der Waals surface area contributed by atoms with E-state index in [4.69, 9.17) is 19.6 Å². The van der Waals surface area contributed by atoms with E-state index in [2.05, 4.69) is 15.9 Å². The molecule has 1 aromatic carbocycles. The molecule has 0 aliphatic rings. The number of benzene rings is 1. The summed E-state index contributed by atoms with van der Waals surface area (Å²) in [6.45, 7) is 11.4. The molecular formula is C15H23BrO4. The monoisotopic (exact) mass is 346 g/mol. The van der Waals surface area contributed by atoms with Crippen LogP contribution in [0.5, 0.6) is 0 Å². The third-order valence-corrected chi connectivity index (χ3v) is 2.65. The van der Waals surface area contributed by atoms with Gasteiger partial charge in [0.15, 0.2) is 0 Å². The fraction of sp³-hybridized carbons (Fsp3) is 0.600. The van der Waals surface area contributed by atoms with Gasteiger partial charge in [-0.15, -0.1) is 0 Å². The Morgan fingerprint density at radius 2 is 1.30 bits per heavy atom. The predicted molar refractivity (Wildman–Crippen MR) is 80.7 cm³/mol. The van der Waals surface area contributed by atoms with E-state index in [1.807, 2.05) is 65.8 Å². The van der Waals surface area contributed by atoms with E-state index in [0.29, 0.717) is 0 Å². The van der Waals surface area contributed by atoms with Crippen molar-refractivity contribution in [2.24, 2.45) is 0 Å². The van der Waals surface area contributed by atoms with E-state index in [0.717, 1.165) is 10.0 Å². The van der Waals surface area contributed by atoms with Crippen molar-refractivity contribution in [3.63, 3.8) is 0 Å². The zero-order chi connectivity index (χ0) is 15.4. The fourth-order valence-corrected chi connectivity index (χ4v) is 1.63. The summed E-state index contributed by atoms with van der Waals surface area (Å²) in [7, 11) is 0. The van der Waals surface area contributed by atoms with Crippen LogP contribution >= 0.6 is 15.9 Å². The first kappa shape index (κ1) is 17.6. The van der Waals surface area contributed by atoms with Gasteiger partial charge >= 0.3 is 0 Å². The second kappa shape index (κ2) is 7.00. The average molecular weight is 347 g/mol. The maximum atomic E-state index is 5.39. The minimum atomic E-state index is -0.774. The lowest BCUT2D eigenvalue weighted by Crippen LogP contribution is -2.25. The van der Waals surface area contributed by atoms with Gasteiger partial charge in [0.25, 0.3) is 6.29 Å². The summed E-state index contributed by atoms with van der Waals surface area (Å²) in [4.78, 5) is 21.5. The van der Waals surface area contributed by atoms with E-state index >= 15 is 0 Å². The van der Waals surface area contributed by atoms with Crippen LogP contribution in [0.3, 0.4) is 0 Å². The van der Waals surface area contributed by atoms with Crippen molar-refractivity contribution in [3.8, 4) is 0 Å². The SMILES string of the molecule is CC(C)(C)OOC(OOC(C)(C)C)c1ccccc1Br.